The summed E-state index contributed by atoms with van der Waals surface area (Å²) >= 11 is 1.46. The van der Waals surface area contributed by atoms with Gasteiger partial charge in [0, 0.05) is 18.4 Å². The zero-order chi connectivity index (χ0) is 9.84. The molecule has 0 unspecified atom stereocenters. The maximum atomic E-state index is 11.4. The number of carbonyl (C=O) groups excluding carboxylic acids is 1. The van der Waals surface area contributed by atoms with E-state index in [9.17, 15) is 4.79 Å². The van der Waals surface area contributed by atoms with E-state index in [1.807, 2.05) is 13.8 Å². The lowest BCUT2D eigenvalue weighted by Crippen LogP contribution is -2.02. The van der Waals surface area contributed by atoms with Crippen LogP contribution < -0.4 is 0 Å². The summed E-state index contributed by atoms with van der Waals surface area (Å²) in [5.41, 5.74) is 0.950. The number of aryl methyl sites for hydroxylation is 2. The monoisotopic (exact) mass is 199 g/mol. The van der Waals surface area contributed by atoms with Gasteiger partial charge in [-0.05, 0) is 13.8 Å². The Morgan fingerprint density at radius 2 is 2.23 bits per heavy atom. The van der Waals surface area contributed by atoms with Gasteiger partial charge in [0.2, 0.25) is 0 Å². The smallest absolute Gasteiger partial charge is 0.193 e. The fourth-order valence-electron chi connectivity index (χ4n) is 0.894. The molecule has 0 aromatic carbocycles. The molecule has 3 nitrogen and oxygen atoms in total. The minimum absolute atomic E-state index is 0.0723. The van der Waals surface area contributed by atoms with E-state index in [1.54, 1.807) is 7.11 Å². The minimum Gasteiger partial charge on any atom is -0.384 e. The number of nitrogens with zero attached hydrogens (tertiary/aromatic N) is 1. The Balaban J connectivity index is 2.66. The largest absolute Gasteiger partial charge is 0.384 e. The average Bonchev–Trinajstić information content (AvgIpc) is 2.43. The Hall–Kier alpha value is -0.740. The highest BCUT2D eigenvalue weighted by molar-refractivity contribution is 7.13. The molecule has 13 heavy (non-hydrogen) atoms. The van der Waals surface area contributed by atoms with Gasteiger partial charge in [0.05, 0.1) is 12.3 Å². The van der Waals surface area contributed by atoms with Gasteiger partial charge in [-0.1, -0.05) is 0 Å². The van der Waals surface area contributed by atoms with Crippen LogP contribution in [0.2, 0.25) is 0 Å². The highest BCUT2D eigenvalue weighted by Gasteiger charge is 2.11. The molecule has 72 valence electrons. The molecule has 0 spiro atoms. The Kier molecular flexibility index (Phi) is 3.57. The summed E-state index contributed by atoms with van der Waals surface area (Å²) in [4.78, 5) is 16.7. The van der Waals surface area contributed by atoms with Gasteiger partial charge in [-0.3, -0.25) is 4.79 Å². The molecule has 0 saturated heterocycles. The average molecular weight is 199 g/mol. The maximum Gasteiger partial charge on any atom is 0.193 e. The molecule has 0 amide bonds. The molecule has 0 atom stereocenters. The van der Waals surface area contributed by atoms with Crippen molar-refractivity contribution in [2.75, 3.05) is 13.7 Å². The van der Waals surface area contributed by atoms with Crippen molar-refractivity contribution in [3.05, 3.63) is 15.6 Å². The standard InChI is InChI=1S/C9H13NO2S/c1-6-7(2)13-9(10-6)8(11)4-5-12-3/h4-5H2,1-3H3. The number of hydrogen-bond donors (Lipinski definition) is 0. The van der Waals surface area contributed by atoms with Gasteiger partial charge in [-0.25, -0.2) is 4.98 Å². The van der Waals surface area contributed by atoms with Crippen LogP contribution in [-0.4, -0.2) is 24.5 Å². The minimum atomic E-state index is 0.0723. The molecule has 4 heteroatoms. The van der Waals surface area contributed by atoms with E-state index in [2.05, 4.69) is 4.98 Å². The second-order valence-electron chi connectivity index (χ2n) is 2.83. The first kappa shape index (κ1) is 10.3. The molecule has 0 bridgehead atoms. The first-order chi connectivity index (χ1) is 6.15. The molecule has 0 saturated carbocycles. The first-order valence-electron chi connectivity index (χ1n) is 4.11. The van der Waals surface area contributed by atoms with E-state index in [0.29, 0.717) is 18.0 Å². The molecule has 0 aliphatic rings. The summed E-state index contributed by atoms with van der Waals surface area (Å²) in [6.45, 7) is 4.36. The normalized spacial score (nSPS) is 10.4. The van der Waals surface area contributed by atoms with Gasteiger partial charge in [-0.2, -0.15) is 0 Å². The zero-order valence-corrected chi connectivity index (χ0v) is 8.90. The molecular formula is C9H13NO2S. The number of Topliss-reactive ketones (excluding diaryl/α,β-unsaturated/α-hetero) is 1. The van der Waals surface area contributed by atoms with Crippen LogP contribution in [0.15, 0.2) is 0 Å². The molecule has 0 radical (unpaired) electrons. The van der Waals surface area contributed by atoms with E-state index in [0.717, 1.165) is 10.6 Å². The highest BCUT2D eigenvalue weighted by atomic mass is 32.1. The van der Waals surface area contributed by atoms with Crippen molar-refractivity contribution in [3.8, 4) is 0 Å². The Morgan fingerprint density at radius 1 is 1.54 bits per heavy atom. The van der Waals surface area contributed by atoms with Crippen LogP contribution in [0.5, 0.6) is 0 Å². The second-order valence-corrected chi connectivity index (χ2v) is 4.03. The molecule has 0 N–H and O–H groups in total. The van der Waals surface area contributed by atoms with Crippen molar-refractivity contribution in [1.29, 1.82) is 0 Å². The van der Waals surface area contributed by atoms with E-state index >= 15 is 0 Å². The van der Waals surface area contributed by atoms with Gasteiger partial charge in [0.1, 0.15) is 0 Å². The third-order valence-electron chi connectivity index (χ3n) is 1.80. The summed E-state index contributed by atoms with van der Waals surface area (Å²) in [6.07, 6.45) is 0.420. The van der Waals surface area contributed by atoms with Crippen molar-refractivity contribution in [2.45, 2.75) is 20.3 Å². The van der Waals surface area contributed by atoms with Gasteiger partial charge >= 0.3 is 0 Å². The van der Waals surface area contributed by atoms with Crippen LogP contribution >= 0.6 is 11.3 Å². The third-order valence-corrected chi connectivity index (χ3v) is 2.91. The molecule has 1 rings (SSSR count). The lowest BCUT2D eigenvalue weighted by molar-refractivity contribution is 0.0931. The number of ketones is 1. The van der Waals surface area contributed by atoms with Crippen LogP contribution in [0.3, 0.4) is 0 Å². The Morgan fingerprint density at radius 3 is 2.69 bits per heavy atom. The van der Waals surface area contributed by atoms with Crippen LogP contribution in [0.4, 0.5) is 0 Å². The van der Waals surface area contributed by atoms with Crippen molar-refractivity contribution in [2.24, 2.45) is 0 Å². The van der Waals surface area contributed by atoms with Crippen molar-refractivity contribution >= 4 is 17.1 Å². The number of ether oxygens (including phenoxy) is 1. The summed E-state index contributed by atoms with van der Waals surface area (Å²) in [5.74, 6) is 0.0723. The van der Waals surface area contributed by atoms with Crippen LogP contribution in [0.1, 0.15) is 26.8 Å². The predicted molar refractivity (Wildman–Crippen MR) is 52.4 cm³/mol. The fourth-order valence-corrected chi connectivity index (χ4v) is 1.78. The molecular weight excluding hydrogens is 186 g/mol. The Bertz CT molecular complexity index is 287. The second kappa shape index (κ2) is 4.48. The van der Waals surface area contributed by atoms with Crippen molar-refractivity contribution in [3.63, 3.8) is 0 Å². The zero-order valence-electron chi connectivity index (χ0n) is 8.09. The quantitative estimate of drug-likeness (QED) is 0.696. The lowest BCUT2D eigenvalue weighted by atomic mass is 10.3. The van der Waals surface area contributed by atoms with Crippen LogP contribution in [-0.2, 0) is 4.74 Å². The van der Waals surface area contributed by atoms with Crippen LogP contribution in [0.25, 0.3) is 0 Å². The van der Waals surface area contributed by atoms with Crippen molar-refractivity contribution in [1.82, 2.24) is 4.98 Å². The van der Waals surface area contributed by atoms with Gasteiger partial charge in [-0.15, -0.1) is 11.3 Å². The van der Waals surface area contributed by atoms with E-state index in [-0.39, 0.29) is 5.78 Å². The lowest BCUT2D eigenvalue weighted by Gasteiger charge is -1.94. The summed E-state index contributed by atoms with van der Waals surface area (Å²) in [5, 5.41) is 0.604. The third kappa shape index (κ3) is 2.60. The van der Waals surface area contributed by atoms with E-state index < -0.39 is 0 Å². The predicted octanol–water partition coefficient (Wildman–Crippen LogP) is 1.98. The van der Waals surface area contributed by atoms with Crippen molar-refractivity contribution < 1.29 is 9.53 Å². The highest BCUT2D eigenvalue weighted by Crippen LogP contribution is 2.17. The van der Waals surface area contributed by atoms with Gasteiger partial charge < -0.3 is 4.74 Å². The maximum absolute atomic E-state index is 11.4. The topological polar surface area (TPSA) is 39.2 Å². The molecule has 0 aliphatic carbocycles. The van der Waals surface area contributed by atoms with E-state index in [4.69, 9.17) is 4.74 Å². The molecule has 0 fully saturated rings. The molecule has 1 aromatic heterocycles. The number of thiazole rings is 1. The number of rotatable bonds is 4. The molecule has 1 heterocycles. The SMILES string of the molecule is COCCC(=O)c1nc(C)c(C)s1. The van der Waals surface area contributed by atoms with Crippen LogP contribution in [0, 0.1) is 13.8 Å². The van der Waals surface area contributed by atoms with Gasteiger partial charge in [0.15, 0.2) is 10.8 Å². The number of methoxy groups -OCH3 is 1. The number of hydrogen-bond acceptors (Lipinski definition) is 4. The number of carbonyl (C=O) groups is 1. The summed E-state index contributed by atoms with van der Waals surface area (Å²) < 4.78 is 4.83. The first-order valence-corrected chi connectivity index (χ1v) is 4.93. The molecule has 1 aromatic rings. The van der Waals surface area contributed by atoms with E-state index in [1.165, 1.54) is 11.3 Å². The summed E-state index contributed by atoms with van der Waals surface area (Å²) in [6, 6.07) is 0. The summed E-state index contributed by atoms with van der Waals surface area (Å²) in [7, 11) is 1.59. The molecule has 0 aliphatic heterocycles. The number of aromatic nitrogens is 1. The Labute approximate surface area is 81.8 Å². The fraction of sp³-hybridized carbons (Fsp3) is 0.556. The van der Waals surface area contributed by atoms with Gasteiger partial charge in [0.25, 0.3) is 0 Å².